The van der Waals surface area contributed by atoms with Crippen LogP contribution in [0.3, 0.4) is 0 Å². The van der Waals surface area contributed by atoms with E-state index in [0.29, 0.717) is 23.3 Å². The van der Waals surface area contributed by atoms with Gasteiger partial charge < -0.3 is 14.4 Å². The number of rotatable bonds is 10. The number of fused-ring (bicyclic) bond motifs is 7. The molecule has 0 radical (unpaired) electrons. The minimum absolute atomic E-state index is 0.0503. The zero-order valence-corrected chi connectivity index (χ0v) is 51.0. The van der Waals surface area contributed by atoms with Gasteiger partial charge in [0.05, 0.1) is 28.1 Å². The molecule has 0 atom stereocenters. The molecule has 0 fully saturated rings. The zero-order valence-electron chi connectivity index (χ0n) is 51.0. The van der Waals surface area contributed by atoms with E-state index in [-0.39, 0.29) is 12.1 Å². The molecule has 3 aromatic heterocycles. The van der Waals surface area contributed by atoms with Gasteiger partial charge >= 0.3 is 0 Å². The number of hydrogen-bond donors (Lipinski definition) is 0. The molecule has 12 aromatic carbocycles. The lowest BCUT2D eigenvalue weighted by Gasteiger charge is -2.44. The van der Waals surface area contributed by atoms with Gasteiger partial charge in [0.25, 0.3) is 6.71 Å². The minimum Gasteiger partial charge on any atom is -0.311 e. The Balaban J connectivity index is 0.838. The van der Waals surface area contributed by atoms with Crippen molar-refractivity contribution >= 4 is 79.0 Å². The van der Waals surface area contributed by atoms with E-state index in [1.165, 1.54) is 49.8 Å². The van der Waals surface area contributed by atoms with Crippen LogP contribution in [0, 0.1) is 0 Å². The second-order valence-electron chi connectivity index (χ2n) is 24.8. The lowest BCUT2D eigenvalue weighted by molar-refractivity contribution is 0.591. The van der Waals surface area contributed by atoms with Crippen molar-refractivity contribution in [2.75, 3.05) is 9.80 Å². The summed E-state index contributed by atoms with van der Waals surface area (Å²) in [5.41, 5.74) is 24.2. The fourth-order valence-electron chi connectivity index (χ4n) is 13.8. The van der Waals surface area contributed by atoms with Gasteiger partial charge in [-0.3, -0.25) is 0 Å². The van der Waals surface area contributed by atoms with E-state index in [1.54, 1.807) is 0 Å². The van der Waals surface area contributed by atoms with Crippen LogP contribution >= 0.6 is 0 Å². The molecular formula is C83H59BN8. The third kappa shape index (κ3) is 9.35. The second kappa shape index (κ2) is 22.0. The van der Waals surface area contributed by atoms with Crippen molar-refractivity contribution in [2.24, 2.45) is 0 Å². The Morgan fingerprint density at radius 3 is 1.42 bits per heavy atom. The van der Waals surface area contributed by atoms with Gasteiger partial charge in [-0.25, -0.2) is 24.9 Å². The van der Waals surface area contributed by atoms with E-state index in [1.807, 2.05) is 66.7 Å². The Morgan fingerprint density at radius 2 is 0.772 bits per heavy atom. The van der Waals surface area contributed by atoms with Crippen molar-refractivity contribution < 1.29 is 0 Å². The lowest BCUT2D eigenvalue weighted by Crippen LogP contribution is -2.61. The molecule has 0 bridgehead atoms. The summed E-state index contributed by atoms with van der Waals surface area (Å²) in [7, 11) is 0. The van der Waals surface area contributed by atoms with Gasteiger partial charge in [-0.2, -0.15) is 0 Å². The molecule has 0 saturated carbocycles. The summed E-state index contributed by atoms with van der Waals surface area (Å²) in [6, 6.07) is 108. The zero-order chi connectivity index (χ0) is 61.4. The molecule has 15 aromatic rings. The first-order valence-electron chi connectivity index (χ1n) is 31.4. The summed E-state index contributed by atoms with van der Waals surface area (Å²) < 4.78 is 2.38. The van der Waals surface area contributed by atoms with E-state index in [0.717, 1.165) is 89.7 Å². The van der Waals surface area contributed by atoms with Crippen LogP contribution in [0.15, 0.2) is 303 Å². The monoisotopic (exact) mass is 1180 g/mol. The van der Waals surface area contributed by atoms with Gasteiger partial charge in [0.2, 0.25) is 0 Å². The van der Waals surface area contributed by atoms with E-state index >= 15 is 0 Å². The number of anilines is 6. The molecule has 2 aliphatic heterocycles. The predicted molar refractivity (Wildman–Crippen MR) is 381 cm³/mol. The van der Waals surface area contributed by atoms with Gasteiger partial charge in [0, 0.05) is 78.3 Å². The Kier molecular flexibility index (Phi) is 13.0. The fraction of sp³-hybridized carbons (Fsp3) is 0.0482. The molecule has 0 unspecified atom stereocenters. The molecule has 0 amide bonds. The fourth-order valence-corrected chi connectivity index (χ4v) is 13.8. The average Bonchev–Trinajstić information content (AvgIpc) is 0.858. The molecule has 8 nitrogen and oxygen atoms in total. The highest BCUT2D eigenvalue weighted by Gasteiger charge is 2.43. The summed E-state index contributed by atoms with van der Waals surface area (Å²) in [5, 5.41) is 2.34. The molecule has 0 spiro atoms. The van der Waals surface area contributed by atoms with Crippen LogP contribution in [0.25, 0.3) is 107 Å². The molecule has 17 rings (SSSR count). The van der Waals surface area contributed by atoms with Gasteiger partial charge in [-0.05, 0) is 136 Å². The SMILES string of the molecule is CC(C)(C)c1ccc2c(c1)c1ccccc1n2-c1ccc(-c2nc(-c3ccccc3)nc(-c3ccccc3)n2)cc1-c1nc(-c2ccccc2)cc(-c2cccc(-c3cccc(N4c5ccccc5B5c6ccccc6N(c6ccccc6)c6cccc4c65)c3)c2)n1. The van der Waals surface area contributed by atoms with Crippen molar-refractivity contribution in [3.05, 3.63) is 309 Å². The van der Waals surface area contributed by atoms with Gasteiger partial charge in [0.15, 0.2) is 23.3 Å². The highest BCUT2D eigenvalue weighted by atomic mass is 15.2. The maximum absolute atomic E-state index is 5.70. The summed E-state index contributed by atoms with van der Waals surface area (Å²) in [5.74, 6) is 2.27. The standard InChI is InChI=1S/C83H59BN8/c1-83(2,3)61-46-48-72-65(52-61)64-37-16-19-40-71(64)92(72)73-47-45-60(81-88-79(55-27-10-5-11-28-55)87-80(89-81)56-29-12-6-13-30-56)51-66(73)82-85-69(54-25-8-4-9-26-54)53-70(86-82)59-33-22-31-57(49-59)58-32-23-36-63(50-58)91-75-42-21-18-39-68(75)84-67-38-17-20-41-74(67)90(62-34-14-7-15-35-62)76-43-24-44-77(91)78(76)84/h4-53H,1-3H3. The largest absolute Gasteiger partial charge is 0.311 e. The number of para-hydroxylation sites is 4. The molecule has 92 heavy (non-hydrogen) atoms. The molecule has 0 N–H and O–H groups in total. The summed E-state index contributed by atoms with van der Waals surface area (Å²) in [4.78, 5) is 31.8. The second-order valence-corrected chi connectivity index (χ2v) is 24.8. The van der Waals surface area contributed by atoms with Crippen molar-refractivity contribution in [3.8, 4) is 84.9 Å². The average molecular weight is 1180 g/mol. The van der Waals surface area contributed by atoms with Crippen LogP contribution in [0.4, 0.5) is 34.1 Å². The van der Waals surface area contributed by atoms with Crippen LogP contribution in [-0.2, 0) is 5.41 Å². The Bertz CT molecular complexity index is 5300. The minimum atomic E-state index is -0.0559. The van der Waals surface area contributed by atoms with Crippen molar-refractivity contribution in [1.29, 1.82) is 0 Å². The summed E-state index contributed by atoms with van der Waals surface area (Å²) in [6.45, 7) is 6.87. The predicted octanol–water partition coefficient (Wildman–Crippen LogP) is 18.8. The Morgan fingerprint density at radius 1 is 0.293 bits per heavy atom. The van der Waals surface area contributed by atoms with Crippen LogP contribution in [0.5, 0.6) is 0 Å². The van der Waals surface area contributed by atoms with Gasteiger partial charge in [0.1, 0.15) is 0 Å². The van der Waals surface area contributed by atoms with Crippen molar-refractivity contribution in [1.82, 2.24) is 29.5 Å². The van der Waals surface area contributed by atoms with Crippen LogP contribution in [-0.4, -0.2) is 36.2 Å². The van der Waals surface area contributed by atoms with E-state index in [2.05, 4.69) is 272 Å². The first-order valence-corrected chi connectivity index (χ1v) is 31.4. The molecule has 9 heteroatoms. The number of benzene rings is 12. The Hall–Kier alpha value is -11.8. The quantitative estimate of drug-likeness (QED) is 0.126. The molecule has 434 valence electrons. The highest BCUT2D eigenvalue weighted by molar-refractivity contribution is 7.00. The maximum atomic E-state index is 5.70. The number of nitrogens with zero attached hydrogens (tertiary/aromatic N) is 8. The third-order valence-corrected chi connectivity index (χ3v) is 18.2. The smallest absolute Gasteiger partial charge is 0.252 e. The molecule has 5 heterocycles. The van der Waals surface area contributed by atoms with Crippen LogP contribution < -0.4 is 26.2 Å². The molecule has 0 aliphatic carbocycles. The first kappa shape index (κ1) is 54.4. The van der Waals surface area contributed by atoms with E-state index < -0.39 is 0 Å². The van der Waals surface area contributed by atoms with Gasteiger partial charge in [-0.15, -0.1) is 0 Å². The third-order valence-electron chi connectivity index (χ3n) is 18.2. The normalized spacial score (nSPS) is 12.4. The highest BCUT2D eigenvalue weighted by Crippen LogP contribution is 2.46. The van der Waals surface area contributed by atoms with Crippen LogP contribution in [0.1, 0.15) is 26.3 Å². The lowest BCUT2D eigenvalue weighted by atomic mass is 9.33. The van der Waals surface area contributed by atoms with Crippen molar-refractivity contribution in [2.45, 2.75) is 26.2 Å². The van der Waals surface area contributed by atoms with Crippen molar-refractivity contribution in [3.63, 3.8) is 0 Å². The topological polar surface area (TPSA) is 75.9 Å². The molecular weight excluding hydrogens is 1120 g/mol. The Labute approximate surface area is 535 Å². The van der Waals surface area contributed by atoms with E-state index in [9.17, 15) is 0 Å². The summed E-state index contributed by atoms with van der Waals surface area (Å²) in [6.07, 6.45) is 0. The maximum Gasteiger partial charge on any atom is 0.252 e. The summed E-state index contributed by atoms with van der Waals surface area (Å²) >= 11 is 0. The molecule has 0 saturated heterocycles. The number of aromatic nitrogens is 6. The first-order chi connectivity index (χ1) is 45.3. The molecule has 2 aliphatic rings. The number of hydrogen-bond acceptors (Lipinski definition) is 7. The van der Waals surface area contributed by atoms with Crippen LogP contribution in [0.2, 0.25) is 0 Å². The van der Waals surface area contributed by atoms with E-state index in [4.69, 9.17) is 24.9 Å². The van der Waals surface area contributed by atoms with Gasteiger partial charge in [-0.1, -0.05) is 227 Å².